The maximum atomic E-state index is 11.9. The Morgan fingerprint density at radius 2 is 2.05 bits per heavy atom. The molecule has 0 N–H and O–H groups in total. The number of nitrogens with zero attached hydrogens (tertiary/aromatic N) is 3. The van der Waals surface area contributed by atoms with Crippen molar-refractivity contribution in [3.63, 3.8) is 0 Å². The first-order valence-corrected chi connectivity index (χ1v) is 6.20. The molecule has 0 bridgehead atoms. The molecule has 1 aromatic carbocycles. The number of thioether (sulfide) groups is 1. The molecule has 0 fully saturated rings. The number of amides is 1. The summed E-state index contributed by atoms with van der Waals surface area (Å²) in [5, 5.41) is 11.2. The van der Waals surface area contributed by atoms with Crippen molar-refractivity contribution in [1.82, 2.24) is 0 Å². The van der Waals surface area contributed by atoms with Crippen LogP contribution in [0.3, 0.4) is 0 Å². The number of amidine groups is 1. The Kier molecular flexibility index (Phi) is 5.63. The van der Waals surface area contributed by atoms with Crippen molar-refractivity contribution in [2.45, 2.75) is 0 Å². The third-order valence-electron chi connectivity index (χ3n) is 2.36. The topological polar surface area (TPSA) is 60.1 Å². The molecule has 0 unspecified atom stereocenters. The van der Waals surface area contributed by atoms with Crippen LogP contribution in [0.4, 0.5) is 11.4 Å². The summed E-state index contributed by atoms with van der Waals surface area (Å²) < 4.78 is 0. The van der Waals surface area contributed by atoms with Crippen molar-refractivity contribution < 1.29 is 39.5 Å². The molecule has 5 nitrogen and oxygen atoms in total. The second-order valence-corrected chi connectivity index (χ2v) is 4.14. The van der Waals surface area contributed by atoms with Gasteiger partial charge >= 0.3 is 29.6 Å². The van der Waals surface area contributed by atoms with Gasteiger partial charge in [-0.1, -0.05) is 23.9 Å². The zero-order valence-corrected chi connectivity index (χ0v) is 13.3. The Morgan fingerprint density at radius 3 is 2.53 bits per heavy atom. The second-order valence-electron chi connectivity index (χ2n) is 3.37. The number of rotatable bonds is 1. The molecule has 1 aliphatic rings. The largest absolute Gasteiger partial charge is 1.00 e. The number of benzene rings is 1. The zero-order chi connectivity index (χ0) is 13.1. The minimum Gasteiger partial charge on any atom is -0.876 e. The molecule has 19 heavy (non-hydrogen) atoms. The summed E-state index contributed by atoms with van der Waals surface area (Å²) in [6.45, 7) is 6.87. The second kappa shape index (κ2) is 6.78. The van der Waals surface area contributed by atoms with Crippen LogP contribution in [0, 0.1) is 6.57 Å². The van der Waals surface area contributed by atoms with Gasteiger partial charge < -0.3 is 5.11 Å². The first kappa shape index (κ1) is 15.8. The van der Waals surface area contributed by atoms with Gasteiger partial charge in [-0.15, -0.1) is 6.26 Å². The minimum absolute atomic E-state index is 0. The van der Waals surface area contributed by atoms with Crippen LogP contribution in [0.2, 0.25) is 0 Å². The molecule has 1 aliphatic heterocycles. The Morgan fingerprint density at radius 1 is 1.42 bits per heavy atom. The monoisotopic (exact) mass is 281 g/mol. The molecule has 0 spiro atoms. The predicted molar refractivity (Wildman–Crippen MR) is 69.2 cm³/mol. The van der Waals surface area contributed by atoms with Crippen molar-refractivity contribution in [3.8, 4) is 0 Å². The molecular formula is C12H8N3NaO2S. The summed E-state index contributed by atoms with van der Waals surface area (Å²) >= 11 is 1.28. The number of hydrogen-bond donors (Lipinski definition) is 0. The van der Waals surface area contributed by atoms with E-state index in [-0.39, 0.29) is 35.3 Å². The molecule has 0 atom stereocenters. The smallest absolute Gasteiger partial charge is 0.876 e. The van der Waals surface area contributed by atoms with Gasteiger partial charge in [0.15, 0.2) is 10.9 Å². The van der Waals surface area contributed by atoms with Gasteiger partial charge in [0.25, 0.3) is 5.91 Å². The van der Waals surface area contributed by atoms with Gasteiger partial charge in [-0.25, -0.2) is 9.84 Å². The van der Waals surface area contributed by atoms with Crippen LogP contribution in [-0.4, -0.2) is 17.3 Å². The number of anilines is 1. The van der Waals surface area contributed by atoms with E-state index in [9.17, 15) is 9.90 Å². The maximum absolute atomic E-state index is 11.9. The average molecular weight is 281 g/mol. The van der Waals surface area contributed by atoms with Crippen LogP contribution >= 0.6 is 11.8 Å². The van der Waals surface area contributed by atoms with E-state index in [0.29, 0.717) is 22.8 Å². The molecule has 0 saturated carbocycles. The van der Waals surface area contributed by atoms with Gasteiger partial charge in [0.05, 0.1) is 6.57 Å². The van der Waals surface area contributed by atoms with E-state index >= 15 is 0 Å². The molecule has 90 valence electrons. The molecule has 7 heteroatoms. The standard InChI is InChI=1S/C12H9N3O2S.Na/c1-13-8-3-5-9(6-4-8)15-11(17)10(7-16)14-12(15)18-2;/h3-7,16H,2H3;/q;+1/p-1/b10-7+;. The van der Waals surface area contributed by atoms with Crippen LogP contribution in [0.1, 0.15) is 0 Å². The summed E-state index contributed by atoms with van der Waals surface area (Å²) in [7, 11) is 0. The van der Waals surface area contributed by atoms with Crippen LogP contribution in [0.25, 0.3) is 4.85 Å². The van der Waals surface area contributed by atoms with Gasteiger partial charge in [0, 0.05) is 5.69 Å². The van der Waals surface area contributed by atoms with Crippen molar-refractivity contribution >= 4 is 34.2 Å². The SMILES string of the molecule is [C-]#[N+]c1ccc(N2C(=O)/C(=C\[O-])N=C2SC)cc1.[Na+]. The number of hydrogen-bond acceptors (Lipinski definition) is 4. The van der Waals surface area contributed by atoms with E-state index in [2.05, 4.69) is 9.84 Å². The molecule has 0 aromatic heterocycles. The van der Waals surface area contributed by atoms with Crippen LogP contribution in [0.5, 0.6) is 0 Å². The van der Waals surface area contributed by atoms with E-state index in [1.165, 1.54) is 16.7 Å². The Labute approximate surface area is 137 Å². The predicted octanol–water partition coefficient (Wildman–Crippen LogP) is -1.49. The summed E-state index contributed by atoms with van der Waals surface area (Å²) in [6.07, 6.45) is 2.23. The molecule has 2 rings (SSSR count). The fourth-order valence-electron chi connectivity index (χ4n) is 1.52. The van der Waals surface area contributed by atoms with E-state index in [4.69, 9.17) is 6.57 Å². The fourth-order valence-corrected chi connectivity index (χ4v) is 2.08. The Balaban J connectivity index is 0.00000180. The van der Waals surface area contributed by atoms with Crippen molar-refractivity contribution in [1.29, 1.82) is 0 Å². The summed E-state index contributed by atoms with van der Waals surface area (Å²) in [5.41, 5.74) is 0.985. The molecular weight excluding hydrogens is 273 g/mol. The van der Waals surface area contributed by atoms with Gasteiger partial charge in [0.1, 0.15) is 5.70 Å². The van der Waals surface area contributed by atoms with Crippen LogP contribution in [-0.2, 0) is 4.79 Å². The summed E-state index contributed by atoms with van der Waals surface area (Å²) in [4.78, 5) is 20.5. The Bertz CT molecular complexity index is 590. The molecule has 0 aliphatic carbocycles. The molecule has 1 heterocycles. The quantitative estimate of drug-likeness (QED) is 0.273. The van der Waals surface area contributed by atoms with Gasteiger partial charge in [-0.05, 0) is 18.4 Å². The summed E-state index contributed by atoms with van der Waals surface area (Å²) in [5.74, 6) is -0.440. The first-order chi connectivity index (χ1) is 8.71. The van der Waals surface area contributed by atoms with Crippen molar-refractivity contribution in [3.05, 3.63) is 47.6 Å². The fraction of sp³-hybridized carbons (Fsp3) is 0.0833. The minimum atomic E-state index is -0.440. The van der Waals surface area contributed by atoms with Crippen LogP contribution in [0.15, 0.2) is 41.2 Å². The van der Waals surface area contributed by atoms with E-state index in [1.807, 2.05) is 0 Å². The summed E-state index contributed by atoms with van der Waals surface area (Å²) in [6, 6.07) is 6.55. The number of aliphatic imine (C=N–C) groups is 1. The number of carbonyl (C=O) groups excluding carboxylic acids is 1. The third-order valence-corrected chi connectivity index (χ3v) is 3.00. The molecule has 1 amide bonds. The van der Waals surface area contributed by atoms with E-state index in [0.717, 1.165) is 0 Å². The van der Waals surface area contributed by atoms with Crippen LogP contribution < -0.4 is 39.6 Å². The first-order valence-electron chi connectivity index (χ1n) is 4.98. The van der Waals surface area contributed by atoms with E-state index < -0.39 is 5.91 Å². The molecule has 1 aromatic rings. The van der Waals surface area contributed by atoms with Gasteiger partial charge in [0.2, 0.25) is 0 Å². The van der Waals surface area contributed by atoms with Gasteiger partial charge in [-0.3, -0.25) is 9.69 Å². The third kappa shape index (κ3) is 3.01. The van der Waals surface area contributed by atoms with Crippen molar-refractivity contribution in [2.24, 2.45) is 4.99 Å². The Hall–Kier alpha value is -1.26. The average Bonchev–Trinajstić information content (AvgIpc) is 2.75. The van der Waals surface area contributed by atoms with Crippen molar-refractivity contribution in [2.75, 3.05) is 11.2 Å². The normalized spacial score (nSPS) is 16.0. The van der Waals surface area contributed by atoms with Gasteiger partial charge in [-0.2, -0.15) is 0 Å². The number of carbonyl (C=O) groups is 1. The molecule has 0 saturated heterocycles. The zero-order valence-electron chi connectivity index (χ0n) is 10.5. The molecule has 0 radical (unpaired) electrons. The van der Waals surface area contributed by atoms with E-state index in [1.54, 1.807) is 30.5 Å². The maximum Gasteiger partial charge on any atom is 1.00 e.